The van der Waals surface area contributed by atoms with Gasteiger partial charge in [0.1, 0.15) is 17.7 Å². The molecule has 4 rings (SSSR count). The topological polar surface area (TPSA) is 76.0 Å². The fourth-order valence-electron chi connectivity index (χ4n) is 2.72. The van der Waals surface area contributed by atoms with Crippen LogP contribution in [-0.2, 0) is 6.54 Å². The van der Waals surface area contributed by atoms with Gasteiger partial charge >= 0.3 is 0 Å². The monoisotopic (exact) mass is 345 g/mol. The lowest BCUT2D eigenvalue weighted by molar-refractivity contribution is 0.619. The molecule has 7 heteroatoms. The molecule has 2 heterocycles. The van der Waals surface area contributed by atoms with Crippen LogP contribution in [0.4, 0.5) is 4.39 Å². The summed E-state index contributed by atoms with van der Waals surface area (Å²) in [6.45, 7) is 0.252. The zero-order valence-electron chi connectivity index (χ0n) is 13.5. The van der Waals surface area contributed by atoms with Crippen molar-refractivity contribution in [3.8, 4) is 17.3 Å². The smallest absolute Gasteiger partial charge is 0.265 e. The Morgan fingerprint density at radius 3 is 2.69 bits per heavy atom. The molecule has 0 aliphatic heterocycles. The maximum Gasteiger partial charge on any atom is 0.293 e. The van der Waals surface area contributed by atoms with Gasteiger partial charge < -0.3 is 0 Å². The highest BCUT2D eigenvalue weighted by Crippen LogP contribution is 2.18. The Labute approximate surface area is 147 Å². The highest BCUT2D eigenvalue weighted by Gasteiger charge is 2.10. The Bertz CT molecular complexity index is 1200. The second kappa shape index (κ2) is 6.26. The molecule has 0 radical (unpaired) electrons. The van der Waals surface area contributed by atoms with Crippen molar-refractivity contribution in [2.75, 3.05) is 0 Å². The van der Waals surface area contributed by atoms with Gasteiger partial charge in [-0.2, -0.15) is 15.5 Å². The highest BCUT2D eigenvalue weighted by atomic mass is 19.1. The fourth-order valence-corrected chi connectivity index (χ4v) is 2.72. The van der Waals surface area contributed by atoms with Crippen LogP contribution in [0.25, 0.3) is 16.8 Å². The lowest BCUT2D eigenvalue weighted by atomic mass is 10.1. The van der Waals surface area contributed by atoms with Crippen LogP contribution in [0, 0.1) is 17.1 Å². The summed E-state index contributed by atoms with van der Waals surface area (Å²) < 4.78 is 15.8. The van der Waals surface area contributed by atoms with Crippen molar-refractivity contribution in [1.82, 2.24) is 19.4 Å². The first kappa shape index (κ1) is 15.7. The molecule has 0 N–H and O–H groups in total. The third kappa shape index (κ3) is 2.84. The molecule has 0 saturated carbocycles. The number of aromatic nitrogens is 4. The molecule has 0 saturated heterocycles. The van der Waals surface area contributed by atoms with Crippen LogP contribution in [-0.4, -0.2) is 19.4 Å². The van der Waals surface area contributed by atoms with Crippen molar-refractivity contribution < 1.29 is 4.39 Å². The lowest BCUT2D eigenvalue weighted by Gasteiger charge is -2.05. The Morgan fingerprint density at radius 1 is 1.12 bits per heavy atom. The van der Waals surface area contributed by atoms with E-state index in [-0.39, 0.29) is 17.9 Å². The summed E-state index contributed by atoms with van der Waals surface area (Å²) in [4.78, 5) is 12.7. The quantitative estimate of drug-likeness (QED) is 0.572. The van der Waals surface area contributed by atoms with Gasteiger partial charge in [0.05, 0.1) is 23.9 Å². The molecule has 0 bridgehead atoms. The number of hydrogen-bond acceptors (Lipinski definition) is 4. The third-order valence-electron chi connectivity index (χ3n) is 4.02. The fraction of sp³-hybridized carbons (Fsp3) is 0.0526. The van der Waals surface area contributed by atoms with Gasteiger partial charge in [-0.15, -0.1) is 0 Å². The van der Waals surface area contributed by atoms with E-state index in [1.165, 1.54) is 27.7 Å². The molecule has 126 valence electrons. The molecule has 0 aliphatic carbocycles. The highest BCUT2D eigenvalue weighted by molar-refractivity contribution is 5.65. The minimum Gasteiger partial charge on any atom is -0.265 e. The number of benzene rings is 2. The molecular formula is C19H12FN5O. The van der Waals surface area contributed by atoms with Gasteiger partial charge in [-0.25, -0.2) is 13.6 Å². The normalized spacial score (nSPS) is 10.8. The van der Waals surface area contributed by atoms with Crippen molar-refractivity contribution in [3.05, 3.63) is 88.2 Å². The first-order valence-electron chi connectivity index (χ1n) is 7.84. The van der Waals surface area contributed by atoms with Crippen molar-refractivity contribution in [2.45, 2.75) is 6.54 Å². The van der Waals surface area contributed by atoms with E-state index in [0.717, 1.165) is 5.56 Å². The maximum absolute atomic E-state index is 13.1. The van der Waals surface area contributed by atoms with E-state index in [1.54, 1.807) is 36.4 Å². The Hall–Kier alpha value is -3.79. The molecule has 6 nitrogen and oxygen atoms in total. The SMILES string of the molecule is N#Cc1cccc(Cn2ncn3nc(-c4ccc(F)cc4)cc3c2=O)c1. The van der Waals surface area contributed by atoms with Gasteiger partial charge in [-0.05, 0) is 48.0 Å². The van der Waals surface area contributed by atoms with Crippen molar-refractivity contribution in [1.29, 1.82) is 5.26 Å². The summed E-state index contributed by atoms with van der Waals surface area (Å²) in [5.74, 6) is -0.332. The molecule has 4 aromatic rings. The average molecular weight is 345 g/mol. The van der Waals surface area contributed by atoms with Gasteiger partial charge in [-0.1, -0.05) is 12.1 Å². The molecular weight excluding hydrogens is 333 g/mol. The van der Waals surface area contributed by atoms with E-state index in [1.807, 2.05) is 6.07 Å². The molecule has 2 aromatic heterocycles. The molecule has 2 aromatic carbocycles. The van der Waals surface area contributed by atoms with Gasteiger partial charge in [-0.3, -0.25) is 4.79 Å². The van der Waals surface area contributed by atoms with E-state index in [9.17, 15) is 9.18 Å². The predicted molar refractivity (Wildman–Crippen MR) is 92.9 cm³/mol. The van der Waals surface area contributed by atoms with Crippen LogP contribution in [0.3, 0.4) is 0 Å². The molecule has 0 fully saturated rings. The maximum atomic E-state index is 13.1. The minimum absolute atomic E-state index is 0.252. The van der Waals surface area contributed by atoms with Gasteiger partial charge in [0, 0.05) is 5.56 Å². The van der Waals surface area contributed by atoms with Gasteiger partial charge in [0.15, 0.2) is 0 Å². The molecule has 0 atom stereocenters. The summed E-state index contributed by atoms with van der Waals surface area (Å²) in [6, 6.07) is 16.7. The average Bonchev–Trinajstić information content (AvgIpc) is 3.10. The lowest BCUT2D eigenvalue weighted by Crippen LogP contribution is -2.25. The van der Waals surface area contributed by atoms with Crippen molar-refractivity contribution in [3.63, 3.8) is 0 Å². The number of nitrogens with zero attached hydrogens (tertiary/aromatic N) is 5. The summed E-state index contributed by atoms with van der Waals surface area (Å²) in [7, 11) is 0. The Morgan fingerprint density at radius 2 is 1.92 bits per heavy atom. The zero-order chi connectivity index (χ0) is 18.1. The van der Waals surface area contributed by atoms with E-state index in [2.05, 4.69) is 16.3 Å². The van der Waals surface area contributed by atoms with Crippen LogP contribution in [0.15, 0.2) is 65.7 Å². The Balaban J connectivity index is 1.74. The van der Waals surface area contributed by atoms with E-state index in [4.69, 9.17) is 5.26 Å². The van der Waals surface area contributed by atoms with Gasteiger partial charge in [0.25, 0.3) is 5.56 Å². The van der Waals surface area contributed by atoms with E-state index >= 15 is 0 Å². The van der Waals surface area contributed by atoms with Crippen LogP contribution in [0.1, 0.15) is 11.1 Å². The number of hydrogen-bond donors (Lipinski definition) is 0. The summed E-state index contributed by atoms with van der Waals surface area (Å²) >= 11 is 0. The van der Waals surface area contributed by atoms with E-state index in [0.29, 0.717) is 22.3 Å². The standard InChI is InChI=1S/C19H12FN5O/c20-16-6-4-15(5-7-16)17-9-18-19(26)24(22-12-25(18)23-17)11-14-3-1-2-13(8-14)10-21/h1-9,12H,11H2. The second-order valence-electron chi connectivity index (χ2n) is 5.77. The number of nitriles is 1. The molecule has 0 spiro atoms. The van der Waals surface area contributed by atoms with Crippen LogP contribution in [0.5, 0.6) is 0 Å². The first-order valence-corrected chi connectivity index (χ1v) is 7.84. The van der Waals surface area contributed by atoms with Crippen molar-refractivity contribution >= 4 is 5.52 Å². The number of fused-ring (bicyclic) bond motifs is 1. The zero-order valence-corrected chi connectivity index (χ0v) is 13.5. The number of rotatable bonds is 3. The summed E-state index contributed by atoms with van der Waals surface area (Å²) in [5.41, 5.74) is 2.68. The van der Waals surface area contributed by atoms with E-state index < -0.39 is 0 Å². The first-order chi connectivity index (χ1) is 12.6. The number of halogens is 1. The Kier molecular flexibility index (Phi) is 3.78. The van der Waals surface area contributed by atoms with Crippen LogP contribution >= 0.6 is 0 Å². The minimum atomic E-state index is -0.332. The summed E-state index contributed by atoms with van der Waals surface area (Å²) in [6.07, 6.45) is 1.46. The molecule has 0 aliphatic rings. The molecule has 0 amide bonds. The largest absolute Gasteiger partial charge is 0.293 e. The predicted octanol–water partition coefficient (Wildman–Crippen LogP) is 2.62. The van der Waals surface area contributed by atoms with Crippen LogP contribution in [0.2, 0.25) is 0 Å². The molecule has 0 unspecified atom stereocenters. The van der Waals surface area contributed by atoms with Crippen molar-refractivity contribution in [2.24, 2.45) is 0 Å². The second-order valence-corrected chi connectivity index (χ2v) is 5.77. The molecule has 26 heavy (non-hydrogen) atoms. The third-order valence-corrected chi connectivity index (χ3v) is 4.02. The van der Waals surface area contributed by atoms with Gasteiger partial charge in [0.2, 0.25) is 0 Å². The van der Waals surface area contributed by atoms with Crippen LogP contribution < -0.4 is 5.56 Å². The summed E-state index contributed by atoms with van der Waals surface area (Å²) in [5, 5.41) is 17.4.